The molecule has 0 amide bonds. The smallest absolute Gasteiger partial charge is 0.0628 e. The zero-order valence-corrected chi connectivity index (χ0v) is 33.4. The Hall–Kier alpha value is -1.91. The monoisotopic (exact) mass is 690 g/mol. The van der Waals surface area contributed by atoms with Crippen LogP contribution in [0.5, 0.6) is 0 Å². The highest BCUT2D eigenvalue weighted by Crippen LogP contribution is 2.69. The predicted molar refractivity (Wildman–Crippen MR) is 220 cm³/mol. The first kappa shape index (κ1) is 36.4. The van der Waals surface area contributed by atoms with Crippen molar-refractivity contribution in [2.75, 3.05) is 6.16 Å². The van der Waals surface area contributed by atoms with Gasteiger partial charge in [0.2, 0.25) is 0 Å². The average molecular weight is 690 g/mol. The molecule has 7 rings (SSSR count). The summed E-state index contributed by atoms with van der Waals surface area (Å²) in [6.45, 7) is 13.0. The minimum atomic E-state index is -1.71. The van der Waals surface area contributed by atoms with Gasteiger partial charge in [0.1, 0.15) is 23.2 Å². The van der Waals surface area contributed by atoms with E-state index in [4.69, 9.17) is 0 Å². The minimum Gasteiger partial charge on any atom is -0.0628 e. The van der Waals surface area contributed by atoms with Gasteiger partial charge in [-0.1, -0.05) is 115 Å². The molecule has 0 N–H and O–H groups in total. The molecule has 0 aromatic heterocycles. The van der Waals surface area contributed by atoms with Gasteiger partial charge in [0.05, 0.1) is 6.16 Å². The number of fused-ring (bicyclic) bond motifs is 5. The van der Waals surface area contributed by atoms with E-state index >= 15 is 0 Å². The maximum Gasteiger partial charge on any atom is 0.112 e. The lowest BCUT2D eigenvalue weighted by Gasteiger charge is -2.61. The van der Waals surface area contributed by atoms with E-state index in [1.54, 1.807) is 28.8 Å². The van der Waals surface area contributed by atoms with Crippen molar-refractivity contribution in [2.24, 2.45) is 58.2 Å². The second kappa shape index (κ2) is 15.6. The number of unbranched alkanes of at least 4 members (excludes halogenated alkanes) is 1. The Kier molecular flexibility index (Phi) is 11.4. The van der Waals surface area contributed by atoms with E-state index in [0.717, 1.165) is 47.3 Å². The van der Waals surface area contributed by atoms with Crippen LogP contribution in [-0.2, 0) is 0 Å². The average Bonchev–Trinajstić information content (AvgIpc) is 3.50. The fourth-order valence-electron chi connectivity index (χ4n) is 13.3. The topological polar surface area (TPSA) is 0 Å². The summed E-state index contributed by atoms with van der Waals surface area (Å²) in [6, 6.07) is 34.6. The van der Waals surface area contributed by atoms with Crippen molar-refractivity contribution in [3.05, 3.63) is 91.0 Å². The van der Waals surface area contributed by atoms with Gasteiger partial charge in [-0.3, -0.25) is 0 Å². The molecule has 0 saturated heterocycles. The lowest BCUT2D eigenvalue weighted by molar-refractivity contribution is -0.121. The third-order valence-electron chi connectivity index (χ3n) is 15.9. The van der Waals surface area contributed by atoms with Gasteiger partial charge < -0.3 is 0 Å². The van der Waals surface area contributed by atoms with Crippen molar-refractivity contribution in [3.63, 3.8) is 0 Å². The van der Waals surface area contributed by atoms with Crippen LogP contribution >= 0.6 is 7.26 Å². The van der Waals surface area contributed by atoms with Gasteiger partial charge in [0.15, 0.2) is 0 Å². The third kappa shape index (κ3) is 6.95. The van der Waals surface area contributed by atoms with Gasteiger partial charge in [-0.2, -0.15) is 0 Å². The quantitative estimate of drug-likeness (QED) is 0.124. The van der Waals surface area contributed by atoms with Crippen molar-refractivity contribution in [1.82, 2.24) is 0 Å². The lowest BCUT2D eigenvalue weighted by Crippen LogP contribution is -2.53. The molecule has 4 fully saturated rings. The van der Waals surface area contributed by atoms with Gasteiger partial charge in [0.25, 0.3) is 0 Å². The predicted octanol–water partition coefficient (Wildman–Crippen LogP) is 12.9. The van der Waals surface area contributed by atoms with Crippen LogP contribution in [0.4, 0.5) is 0 Å². The van der Waals surface area contributed by atoms with E-state index in [2.05, 4.69) is 126 Å². The summed E-state index contributed by atoms with van der Waals surface area (Å²) in [5, 5.41) is 4.63. The highest BCUT2D eigenvalue weighted by molar-refractivity contribution is 7.95. The second-order valence-electron chi connectivity index (χ2n) is 18.9. The number of benzene rings is 3. The molecule has 0 heterocycles. The van der Waals surface area contributed by atoms with E-state index in [9.17, 15) is 0 Å². The summed E-state index contributed by atoms with van der Waals surface area (Å²) in [5.41, 5.74) is 1.23. The molecule has 3 aromatic rings. The van der Waals surface area contributed by atoms with Crippen molar-refractivity contribution in [1.29, 1.82) is 0 Å². The highest BCUT2D eigenvalue weighted by atomic mass is 31.2. The summed E-state index contributed by atoms with van der Waals surface area (Å²) < 4.78 is 0. The Balaban J connectivity index is 0.982. The highest BCUT2D eigenvalue weighted by Gasteiger charge is 2.60. The number of hydrogen-bond donors (Lipinski definition) is 0. The molecule has 4 aliphatic carbocycles. The van der Waals surface area contributed by atoms with Crippen LogP contribution in [0.25, 0.3) is 0 Å². The summed E-state index contributed by atoms with van der Waals surface area (Å²) >= 11 is 0. The molecule has 0 aliphatic heterocycles. The molecule has 0 spiro atoms. The summed E-state index contributed by atoms with van der Waals surface area (Å²) in [5.74, 6) is 7.71. The maximum absolute atomic E-state index is 2.80. The van der Waals surface area contributed by atoms with Crippen LogP contribution in [0.1, 0.15) is 131 Å². The molecule has 270 valence electrons. The van der Waals surface area contributed by atoms with Crippen LogP contribution in [-0.4, -0.2) is 6.16 Å². The molecule has 0 radical (unpaired) electrons. The second-order valence-corrected chi connectivity index (χ2v) is 22.5. The summed E-state index contributed by atoms with van der Waals surface area (Å²) in [6.07, 6.45) is 23.5. The maximum atomic E-state index is 2.80. The first-order valence-corrected chi connectivity index (χ1v) is 23.3. The van der Waals surface area contributed by atoms with Gasteiger partial charge in [-0.05, 0) is 165 Å². The van der Waals surface area contributed by atoms with Crippen LogP contribution in [0.2, 0.25) is 0 Å². The van der Waals surface area contributed by atoms with Crippen LogP contribution in [0.3, 0.4) is 0 Å². The molecule has 0 bridgehead atoms. The molecular formula is C49H70P+. The molecule has 3 aromatic carbocycles. The molecule has 0 nitrogen and oxygen atoms in total. The van der Waals surface area contributed by atoms with E-state index < -0.39 is 7.26 Å². The molecule has 50 heavy (non-hydrogen) atoms. The van der Waals surface area contributed by atoms with E-state index in [-0.39, 0.29) is 0 Å². The van der Waals surface area contributed by atoms with Gasteiger partial charge in [-0.15, -0.1) is 0 Å². The SMILES string of the molecule is CC(C)CCC[C@@H](C)[C@H]1CC[C@H]2[C@@H]3CC[C@H]4C[C@@H](CCCC[P+](c5ccccc5)(c5ccccc5)c5ccccc5)CC[C@]4(C)[C@H]3CC[C@]12C. The summed E-state index contributed by atoms with van der Waals surface area (Å²) in [4.78, 5) is 0. The first-order chi connectivity index (χ1) is 24.3. The molecule has 1 heteroatoms. The third-order valence-corrected chi connectivity index (χ3v) is 20.4. The first-order valence-electron chi connectivity index (χ1n) is 21.3. The zero-order valence-electron chi connectivity index (χ0n) is 32.5. The van der Waals surface area contributed by atoms with Crippen molar-refractivity contribution >= 4 is 23.2 Å². The molecule has 0 unspecified atom stereocenters. The standard InChI is InChI=1S/C49H70P/c1-37(2)18-17-19-38(3)45-29-30-46-44-28-27-40-36-39(31-33-48(40,4)47(44)32-34-49(45,46)5)20-15-16-35-50(41-21-9-6-10-22-41,42-23-11-7-12-24-42)43-25-13-8-14-26-43/h6-14,21-26,37-40,44-47H,15-20,27-36H2,1-5H3/q+1/t38-,39+,40+,44+,45-,46+,47+,48+,49-/m1/s1. The normalized spacial score (nSPS) is 33.0. The minimum absolute atomic E-state index is 0.607. The van der Waals surface area contributed by atoms with Gasteiger partial charge in [0, 0.05) is 0 Å². The van der Waals surface area contributed by atoms with Crippen molar-refractivity contribution in [2.45, 2.75) is 131 Å². The van der Waals surface area contributed by atoms with Crippen molar-refractivity contribution in [3.8, 4) is 0 Å². The van der Waals surface area contributed by atoms with E-state index in [0.29, 0.717) is 10.8 Å². The molecular weight excluding hydrogens is 620 g/mol. The molecule has 4 aliphatic rings. The fourth-order valence-corrected chi connectivity index (χ4v) is 17.7. The van der Waals surface area contributed by atoms with Crippen LogP contribution in [0.15, 0.2) is 91.0 Å². The number of rotatable bonds is 13. The van der Waals surface area contributed by atoms with Gasteiger partial charge in [-0.25, -0.2) is 0 Å². The van der Waals surface area contributed by atoms with E-state index in [1.807, 2.05) is 0 Å². The lowest BCUT2D eigenvalue weighted by atomic mass is 9.44. The van der Waals surface area contributed by atoms with Crippen LogP contribution in [0, 0.1) is 58.2 Å². The van der Waals surface area contributed by atoms with Gasteiger partial charge >= 0.3 is 0 Å². The van der Waals surface area contributed by atoms with Crippen LogP contribution < -0.4 is 15.9 Å². The number of hydrogen-bond acceptors (Lipinski definition) is 0. The Bertz CT molecular complexity index is 1380. The van der Waals surface area contributed by atoms with E-state index in [1.165, 1.54) is 89.6 Å². The Labute approximate surface area is 308 Å². The fraction of sp³-hybridized carbons (Fsp3) is 0.633. The Morgan fingerprint density at radius 2 is 1.18 bits per heavy atom. The zero-order chi connectivity index (χ0) is 34.8. The molecule has 4 saturated carbocycles. The Morgan fingerprint density at radius 3 is 1.78 bits per heavy atom. The Morgan fingerprint density at radius 1 is 0.600 bits per heavy atom. The molecule has 9 atom stereocenters. The largest absolute Gasteiger partial charge is 0.112 e. The summed E-state index contributed by atoms with van der Waals surface area (Å²) in [7, 11) is -1.71. The van der Waals surface area contributed by atoms with Crippen molar-refractivity contribution < 1.29 is 0 Å².